The van der Waals surface area contributed by atoms with Gasteiger partial charge in [-0.2, -0.15) is 0 Å². The Kier molecular flexibility index (Phi) is 6.26. The van der Waals surface area contributed by atoms with Crippen molar-refractivity contribution in [1.29, 1.82) is 0 Å². The summed E-state index contributed by atoms with van der Waals surface area (Å²) in [6.45, 7) is 8.14. The molecule has 0 aromatic heterocycles. The Morgan fingerprint density at radius 1 is 1.33 bits per heavy atom. The van der Waals surface area contributed by atoms with Crippen LogP contribution in [0.25, 0.3) is 0 Å². The van der Waals surface area contributed by atoms with Gasteiger partial charge in [-0.25, -0.2) is 0 Å². The minimum atomic E-state index is 0.678. The lowest BCUT2D eigenvalue weighted by molar-refractivity contribution is 0.215. The van der Waals surface area contributed by atoms with Gasteiger partial charge in [-0.15, -0.1) is 0 Å². The van der Waals surface area contributed by atoms with Crippen LogP contribution in [0, 0.1) is 5.92 Å². The highest BCUT2D eigenvalue weighted by Crippen LogP contribution is 2.25. The molecule has 1 unspecified atom stereocenters. The molecule has 1 fully saturated rings. The second-order valence-electron chi connectivity index (χ2n) is 5.14. The monoisotopic (exact) mass is 212 g/mol. The first-order valence-electron chi connectivity index (χ1n) is 6.65. The zero-order chi connectivity index (χ0) is 11.1. The Morgan fingerprint density at radius 2 is 2.00 bits per heavy atom. The van der Waals surface area contributed by atoms with Crippen LogP contribution in [-0.2, 0) is 0 Å². The zero-order valence-corrected chi connectivity index (χ0v) is 10.8. The van der Waals surface area contributed by atoms with Crippen LogP contribution in [0.15, 0.2) is 0 Å². The third-order valence-electron chi connectivity index (χ3n) is 3.64. The average Bonchev–Trinajstić information content (AvgIpc) is 2.70. The zero-order valence-electron chi connectivity index (χ0n) is 10.8. The molecule has 1 atom stereocenters. The van der Waals surface area contributed by atoms with Gasteiger partial charge in [0.15, 0.2) is 0 Å². The van der Waals surface area contributed by atoms with E-state index in [4.69, 9.17) is 0 Å². The number of nitrogens with one attached hydrogen (secondary N) is 1. The summed E-state index contributed by atoms with van der Waals surface area (Å²) in [6, 6.07) is 0.678. The van der Waals surface area contributed by atoms with Gasteiger partial charge >= 0.3 is 0 Å². The fourth-order valence-corrected chi connectivity index (χ4v) is 2.42. The Hall–Kier alpha value is -0.0800. The van der Waals surface area contributed by atoms with Crippen LogP contribution in [0.4, 0.5) is 0 Å². The topological polar surface area (TPSA) is 15.3 Å². The van der Waals surface area contributed by atoms with Crippen molar-refractivity contribution in [2.45, 2.75) is 52.0 Å². The Bertz CT molecular complexity index is 153. The lowest BCUT2D eigenvalue weighted by atomic mass is 10.1. The molecule has 0 aromatic carbocycles. The number of rotatable bonds is 7. The maximum absolute atomic E-state index is 3.50. The molecule has 0 bridgehead atoms. The van der Waals surface area contributed by atoms with Gasteiger partial charge < -0.3 is 10.2 Å². The molecule has 2 heteroatoms. The summed E-state index contributed by atoms with van der Waals surface area (Å²) >= 11 is 0. The van der Waals surface area contributed by atoms with E-state index in [9.17, 15) is 0 Å². The molecule has 0 heterocycles. The van der Waals surface area contributed by atoms with Crippen molar-refractivity contribution in [2.75, 3.05) is 26.7 Å². The molecule has 2 nitrogen and oxygen atoms in total. The van der Waals surface area contributed by atoms with E-state index < -0.39 is 0 Å². The summed E-state index contributed by atoms with van der Waals surface area (Å²) in [5.41, 5.74) is 0. The van der Waals surface area contributed by atoms with Crippen molar-refractivity contribution in [1.82, 2.24) is 10.2 Å². The molecular weight excluding hydrogens is 184 g/mol. The summed E-state index contributed by atoms with van der Waals surface area (Å²) in [6.07, 6.45) is 7.07. The van der Waals surface area contributed by atoms with Crippen molar-refractivity contribution in [3.63, 3.8) is 0 Å². The quantitative estimate of drug-likeness (QED) is 0.652. The van der Waals surface area contributed by atoms with Crippen LogP contribution in [-0.4, -0.2) is 37.6 Å². The molecule has 90 valence electrons. The SMILES string of the molecule is CCCNCC(C)N(C)CC1CCCC1. The fraction of sp³-hybridized carbons (Fsp3) is 1.00. The molecular formula is C13H28N2. The normalized spacial score (nSPS) is 20.0. The lowest BCUT2D eigenvalue weighted by Crippen LogP contribution is -2.40. The minimum Gasteiger partial charge on any atom is -0.315 e. The third kappa shape index (κ3) is 4.98. The van der Waals surface area contributed by atoms with Crippen molar-refractivity contribution in [3.05, 3.63) is 0 Å². The first-order chi connectivity index (χ1) is 7.24. The van der Waals surface area contributed by atoms with E-state index in [0.29, 0.717) is 6.04 Å². The van der Waals surface area contributed by atoms with Crippen LogP contribution in [0.1, 0.15) is 46.0 Å². The molecule has 0 amide bonds. The third-order valence-corrected chi connectivity index (χ3v) is 3.64. The van der Waals surface area contributed by atoms with Gasteiger partial charge in [0, 0.05) is 19.1 Å². The van der Waals surface area contributed by atoms with Gasteiger partial charge in [0.2, 0.25) is 0 Å². The molecule has 1 rings (SSSR count). The van der Waals surface area contributed by atoms with E-state index in [0.717, 1.165) is 19.0 Å². The number of likely N-dealkylation sites (N-methyl/N-ethyl adjacent to an activating group) is 1. The highest BCUT2D eigenvalue weighted by atomic mass is 15.1. The summed E-state index contributed by atoms with van der Waals surface area (Å²) in [5.74, 6) is 0.976. The summed E-state index contributed by atoms with van der Waals surface area (Å²) in [7, 11) is 2.27. The molecule has 0 aliphatic heterocycles. The standard InChI is InChI=1S/C13H28N2/c1-4-9-14-10-12(2)15(3)11-13-7-5-6-8-13/h12-14H,4-11H2,1-3H3. The van der Waals surface area contributed by atoms with Crippen molar-refractivity contribution in [3.8, 4) is 0 Å². The molecule has 0 saturated heterocycles. The molecule has 15 heavy (non-hydrogen) atoms. The first kappa shape index (κ1) is 13.0. The largest absolute Gasteiger partial charge is 0.315 e. The summed E-state index contributed by atoms with van der Waals surface area (Å²) in [5, 5.41) is 3.50. The Balaban J connectivity index is 2.11. The highest BCUT2D eigenvalue weighted by molar-refractivity contribution is 4.74. The predicted molar refractivity (Wildman–Crippen MR) is 67.2 cm³/mol. The smallest absolute Gasteiger partial charge is 0.0189 e. The molecule has 0 aromatic rings. The van der Waals surface area contributed by atoms with Crippen LogP contribution in [0.2, 0.25) is 0 Å². The van der Waals surface area contributed by atoms with Crippen LogP contribution in [0.5, 0.6) is 0 Å². The second-order valence-corrected chi connectivity index (χ2v) is 5.14. The van der Waals surface area contributed by atoms with E-state index >= 15 is 0 Å². The number of nitrogens with zero attached hydrogens (tertiary/aromatic N) is 1. The van der Waals surface area contributed by atoms with Crippen LogP contribution >= 0.6 is 0 Å². The minimum absolute atomic E-state index is 0.678. The number of hydrogen-bond acceptors (Lipinski definition) is 2. The van der Waals surface area contributed by atoms with Gasteiger partial charge in [0.25, 0.3) is 0 Å². The van der Waals surface area contributed by atoms with Gasteiger partial charge in [-0.05, 0) is 45.7 Å². The van der Waals surface area contributed by atoms with Crippen LogP contribution < -0.4 is 5.32 Å². The van der Waals surface area contributed by atoms with Crippen molar-refractivity contribution in [2.24, 2.45) is 5.92 Å². The molecule has 1 saturated carbocycles. The highest BCUT2D eigenvalue weighted by Gasteiger charge is 2.18. The maximum Gasteiger partial charge on any atom is 0.0189 e. The van der Waals surface area contributed by atoms with E-state index in [1.54, 1.807) is 0 Å². The molecule has 0 radical (unpaired) electrons. The number of hydrogen-bond donors (Lipinski definition) is 1. The van der Waals surface area contributed by atoms with E-state index in [1.807, 2.05) is 0 Å². The Morgan fingerprint density at radius 3 is 2.60 bits per heavy atom. The van der Waals surface area contributed by atoms with Crippen LogP contribution in [0.3, 0.4) is 0 Å². The molecule has 1 aliphatic carbocycles. The first-order valence-corrected chi connectivity index (χ1v) is 6.65. The van der Waals surface area contributed by atoms with E-state index in [1.165, 1.54) is 38.6 Å². The predicted octanol–water partition coefficient (Wildman–Crippen LogP) is 2.50. The second kappa shape index (κ2) is 7.24. The van der Waals surface area contributed by atoms with Crippen molar-refractivity contribution < 1.29 is 0 Å². The molecule has 1 aliphatic rings. The van der Waals surface area contributed by atoms with Gasteiger partial charge in [-0.3, -0.25) is 0 Å². The summed E-state index contributed by atoms with van der Waals surface area (Å²) in [4.78, 5) is 2.53. The van der Waals surface area contributed by atoms with Crippen molar-refractivity contribution >= 4 is 0 Å². The molecule has 0 spiro atoms. The van der Waals surface area contributed by atoms with E-state index in [-0.39, 0.29) is 0 Å². The molecule has 1 N–H and O–H groups in total. The van der Waals surface area contributed by atoms with E-state index in [2.05, 4.69) is 31.1 Å². The van der Waals surface area contributed by atoms with Gasteiger partial charge in [0.1, 0.15) is 0 Å². The maximum atomic E-state index is 3.50. The fourth-order valence-electron chi connectivity index (χ4n) is 2.42. The lowest BCUT2D eigenvalue weighted by Gasteiger charge is -2.27. The average molecular weight is 212 g/mol. The summed E-state index contributed by atoms with van der Waals surface area (Å²) < 4.78 is 0. The Labute approximate surface area is 95.4 Å². The van der Waals surface area contributed by atoms with Gasteiger partial charge in [-0.1, -0.05) is 19.8 Å². The van der Waals surface area contributed by atoms with Gasteiger partial charge in [0.05, 0.1) is 0 Å².